The van der Waals surface area contributed by atoms with Crippen LogP contribution < -0.4 is 10.5 Å². The Balaban J connectivity index is 2.02. The lowest BCUT2D eigenvalue weighted by atomic mass is 10.1. The Kier molecular flexibility index (Phi) is 4.58. The van der Waals surface area contributed by atoms with Crippen LogP contribution in [0.4, 0.5) is 0 Å². The van der Waals surface area contributed by atoms with Crippen LogP contribution in [0.25, 0.3) is 0 Å². The van der Waals surface area contributed by atoms with Gasteiger partial charge in [-0.15, -0.1) is 0 Å². The molecular weight excluding hydrogens is 238 g/mol. The number of nitrogens with zero attached hydrogens (tertiary/aromatic N) is 2. The zero-order valence-electron chi connectivity index (χ0n) is 11.5. The van der Waals surface area contributed by atoms with E-state index >= 15 is 0 Å². The second-order valence-electron chi connectivity index (χ2n) is 4.73. The van der Waals surface area contributed by atoms with Gasteiger partial charge in [0.2, 0.25) is 0 Å². The first kappa shape index (κ1) is 13.6. The molecule has 4 nitrogen and oxygen atoms in total. The molecule has 0 aliphatic rings. The summed E-state index contributed by atoms with van der Waals surface area (Å²) in [7, 11) is 0. The third kappa shape index (κ3) is 3.58. The molecule has 2 aromatic rings. The molecule has 0 radical (unpaired) electrons. The molecule has 4 heteroatoms. The van der Waals surface area contributed by atoms with E-state index in [-0.39, 0.29) is 6.04 Å². The predicted molar refractivity (Wildman–Crippen MR) is 75.9 cm³/mol. The fourth-order valence-electron chi connectivity index (χ4n) is 1.96. The molecule has 0 fully saturated rings. The third-order valence-electron chi connectivity index (χ3n) is 3.03. The van der Waals surface area contributed by atoms with E-state index in [4.69, 9.17) is 10.5 Å². The van der Waals surface area contributed by atoms with Gasteiger partial charge in [0.1, 0.15) is 12.4 Å². The Labute approximate surface area is 114 Å². The maximum absolute atomic E-state index is 5.87. The van der Waals surface area contributed by atoms with Crippen LogP contribution in [-0.2, 0) is 13.2 Å². The van der Waals surface area contributed by atoms with Crippen molar-refractivity contribution in [1.29, 1.82) is 0 Å². The minimum atomic E-state index is 0.0224. The molecule has 1 heterocycles. The van der Waals surface area contributed by atoms with E-state index in [1.807, 2.05) is 43.7 Å². The zero-order chi connectivity index (χ0) is 13.7. The van der Waals surface area contributed by atoms with E-state index in [1.165, 1.54) is 0 Å². The van der Waals surface area contributed by atoms with Crippen LogP contribution in [0, 0.1) is 0 Å². The summed E-state index contributed by atoms with van der Waals surface area (Å²) in [5, 5.41) is 0. The number of aromatic nitrogens is 2. The van der Waals surface area contributed by atoms with Crippen molar-refractivity contribution in [3.05, 3.63) is 48.0 Å². The Bertz CT molecular complexity index is 520. The van der Waals surface area contributed by atoms with Gasteiger partial charge in [0, 0.05) is 12.6 Å². The molecule has 0 unspecified atom stereocenters. The van der Waals surface area contributed by atoms with Crippen LogP contribution in [0.1, 0.15) is 37.6 Å². The van der Waals surface area contributed by atoms with Crippen molar-refractivity contribution in [2.24, 2.45) is 5.73 Å². The van der Waals surface area contributed by atoms with Crippen molar-refractivity contribution in [2.45, 2.75) is 39.5 Å². The number of ether oxygens (including phenoxy) is 1. The van der Waals surface area contributed by atoms with Gasteiger partial charge in [-0.1, -0.05) is 19.1 Å². The number of hydrogen-bond acceptors (Lipinski definition) is 3. The van der Waals surface area contributed by atoms with Crippen LogP contribution in [0.15, 0.2) is 36.8 Å². The Morgan fingerprint density at radius 2 is 2.26 bits per heavy atom. The standard InChI is InChI=1S/C15H21N3O/c1-3-7-18-11-17-9-14(18)10-19-15-6-4-5-13(8-15)12(2)16/h4-6,8-9,11-12H,3,7,10,16H2,1-2H3/t12-/m1/s1. The minimum Gasteiger partial charge on any atom is -0.487 e. The monoisotopic (exact) mass is 259 g/mol. The molecule has 102 valence electrons. The molecule has 0 spiro atoms. The summed E-state index contributed by atoms with van der Waals surface area (Å²) in [4.78, 5) is 4.16. The summed E-state index contributed by atoms with van der Waals surface area (Å²) in [5.74, 6) is 0.846. The highest BCUT2D eigenvalue weighted by atomic mass is 16.5. The lowest BCUT2D eigenvalue weighted by Gasteiger charge is -2.11. The highest BCUT2D eigenvalue weighted by Gasteiger charge is 2.04. The zero-order valence-corrected chi connectivity index (χ0v) is 11.5. The first-order chi connectivity index (χ1) is 9.20. The lowest BCUT2D eigenvalue weighted by molar-refractivity contribution is 0.294. The fourth-order valence-corrected chi connectivity index (χ4v) is 1.96. The van der Waals surface area contributed by atoms with E-state index in [0.29, 0.717) is 6.61 Å². The van der Waals surface area contributed by atoms with Crippen molar-refractivity contribution in [1.82, 2.24) is 9.55 Å². The van der Waals surface area contributed by atoms with Gasteiger partial charge in [0.25, 0.3) is 0 Å². The maximum atomic E-state index is 5.87. The molecule has 1 atom stereocenters. The molecule has 0 bridgehead atoms. The van der Waals surface area contributed by atoms with Crippen LogP contribution >= 0.6 is 0 Å². The summed E-state index contributed by atoms with van der Waals surface area (Å²) >= 11 is 0. The van der Waals surface area contributed by atoms with Crippen LogP contribution in [0.5, 0.6) is 5.75 Å². The second-order valence-corrected chi connectivity index (χ2v) is 4.73. The molecule has 1 aromatic heterocycles. The highest BCUT2D eigenvalue weighted by molar-refractivity contribution is 5.30. The Morgan fingerprint density at radius 1 is 1.42 bits per heavy atom. The van der Waals surface area contributed by atoms with Gasteiger partial charge in [-0.25, -0.2) is 4.98 Å². The van der Waals surface area contributed by atoms with Gasteiger partial charge in [0.05, 0.1) is 18.2 Å². The van der Waals surface area contributed by atoms with Crippen molar-refractivity contribution < 1.29 is 4.74 Å². The van der Waals surface area contributed by atoms with Crippen molar-refractivity contribution >= 4 is 0 Å². The summed E-state index contributed by atoms with van der Waals surface area (Å²) < 4.78 is 7.93. The van der Waals surface area contributed by atoms with Crippen LogP contribution in [0.2, 0.25) is 0 Å². The lowest BCUT2D eigenvalue weighted by Crippen LogP contribution is -2.07. The van der Waals surface area contributed by atoms with Crippen LogP contribution in [-0.4, -0.2) is 9.55 Å². The van der Waals surface area contributed by atoms with E-state index < -0.39 is 0 Å². The SMILES string of the molecule is CCCn1cncc1COc1cccc([C@@H](C)N)c1. The van der Waals surface area contributed by atoms with Gasteiger partial charge in [0.15, 0.2) is 0 Å². The smallest absolute Gasteiger partial charge is 0.130 e. The summed E-state index contributed by atoms with van der Waals surface area (Å²) in [6.45, 7) is 5.62. The van der Waals surface area contributed by atoms with E-state index in [0.717, 1.165) is 30.0 Å². The molecule has 2 rings (SSSR count). The topological polar surface area (TPSA) is 53.1 Å². The fraction of sp³-hybridized carbons (Fsp3) is 0.400. The van der Waals surface area contributed by atoms with Crippen molar-refractivity contribution in [3.63, 3.8) is 0 Å². The summed E-state index contributed by atoms with van der Waals surface area (Å²) in [6.07, 6.45) is 4.79. The number of nitrogens with two attached hydrogens (primary N) is 1. The summed E-state index contributed by atoms with van der Waals surface area (Å²) in [6, 6.07) is 7.95. The van der Waals surface area contributed by atoms with E-state index in [9.17, 15) is 0 Å². The van der Waals surface area contributed by atoms with E-state index in [1.54, 1.807) is 0 Å². The molecule has 19 heavy (non-hydrogen) atoms. The number of aryl methyl sites for hydroxylation is 1. The highest BCUT2D eigenvalue weighted by Crippen LogP contribution is 2.18. The Hall–Kier alpha value is -1.81. The quantitative estimate of drug-likeness (QED) is 0.867. The van der Waals surface area contributed by atoms with Crippen LogP contribution in [0.3, 0.4) is 0 Å². The Morgan fingerprint density at radius 3 is 3.00 bits per heavy atom. The van der Waals surface area contributed by atoms with Gasteiger partial charge in [-0.05, 0) is 31.0 Å². The molecule has 2 N–H and O–H groups in total. The number of imidazole rings is 1. The maximum Gasteiger partial charge on any atom is 0.130 e. The molecular formula is C15H21N3O. The number of rotatable bonds is 6. The average molecular weight is 259 g/mol. The summed E-state index contributed by atoms with van der Waals surface area (Å²) in [5.41, 5.74) is 8.04. The third-order valence-corrected chi connectivity index (χ3v) is 3.03. The molecule has 0 saturated carbocycles. The van der Waals surface area contributed by atoms with Gasteiger partial charge >= 0.3 is 0 Å². The van der Waals surface area contributed by atoms with Gasteiger partial charge < -0.3 is 15.0 Å². The molecule has 0 aliphatic heterocycles. The van der Waals surface area contributed by atoms with E-state index in [2.05, 4.69) is 16.5 Å². The predicted octanol–water partition coefficient (Wildman–Crippen LogP) is 2.89. The largest absolute Gasteiger partial charge is 0.487 e. The first-order valence-electron chi connectivity index (χ1n) is 6.68. The molecule has 0 saturated heterocycles. The minimum absolute atomic E-state index is 0.0224. The average Bonchev–Trinajstić information content (AvgIpc) is 2.85. The number of hydrogen-bond donors (Lipinski definition) is 1. The normalized spacial score (nSPS) is 12.4. The van der Waals surface area contributed by atoms with Crippen molar-refractivity contribution in [3.8, 4) is 5.75 Å². The molecule has 1 aromatic carbocycles. The first-order valence-corrected chi connectivity index (χ1v) is 6.68. The van der Waals surface area contributed by atoms with Crippen molar-refractivity contribution in [2.75, 3.05) is 0 Å². The molecule has 0 amide bonds. The molecule has 0 aliphatic carbocycles. The second kappa shape index (κ2) is 6.38. The number of benzene rings is 1. The van der Waals surface area contributed by atoms with Gasteiger partial charge in [-0.3, -0.25) is 0 Å². The van der Waals surface area contributed by atoms with Gasteiger partial charge in [-0.2, -0.15) is 0 Å².